The summed E-state index contributed by atoms with van der Waals surface area (Å²) in [5, 5.41) is 2.50. The van der Waals surface area contributed by atoms with Crippen LogP contribution >= 0.6 is 15.9 Å². The molecule has 2 rings (SSSR count). The monoisotopic (exact) mass is 336 g/mol. The Balaban J connectivity index is 2.34. The summed E-state index contributed by atoms with van der Waals surface area (Å²) >= 11 is 3.17. The van der Waals surface area contributed by atoms with Crippen molar-refractivity contribution in [3.63, 3.8) is 0 Å². The second-order valence-corrected chi connectivity index (χ2v) is 4.90. The molecule has 1 N–H and O–H groups in total. The molecular formula is C11H8BrF3N2O2. The molecule has 0 aromatic heterocycles. The molecule has 4 nitrogen and oxygen atoms in total. The van der Waals surface area contributed by atoms with Gasteiger partial charge in [-0.25, -0.2) is 0 Å². The Morgan fingerprint density at radius 2 is 2.11 bits per heavy atom. The molecule has 2 amide bonds. The van der Waals surface area contributed by atoms with Crippen molar-refractivity contribution in [1.82, 2.24) is 0 Å². The minimum atomic E-state index is -4.60. The second-order valence-electron chi connectivity index (χ2n) is 3.98. The van der Waals surface area contributed by atoms with Crippen LogP contribution in [0.1, 0.15) is 6.42 Å². The minimum absolute atomic E-state index is 0.253. The van der Waals surface area contributed by atoms with Gasteiger partial charge < -0.3 is 10.2 Å². The zero-order chi connectivity index (χ0) is 14.2. The Labute approximate surface area is 114 Å². The van der Waals surface area contributed by atoms with Crippen molar-refractivity contribution in [2.75, 3.05) is 16.8 Å². The first-order chi connectivity index (χ1) is 8.76. The molecule has 0 aliphatic carbocycles. The van der Waals surface area contributed by atoms with Gasteiger partial charge in [-0.15, -0.1) is 0 Å². The maximum absolute atomic E-state index is 12.3. The van der Waals surface area contributed by atoms with E-state index in [2.05, 4.69) is 21.2 Å². The van der Waals surface area contributed by atoms with Crippen LogP contribution in [0, 0.1) is 0 Å². The molecule has 1 aliphatic heterocycles. The van der Waals surface area contributed by atoms with Gasteiger partial charge in [-0.05, 0) is 18.2 Å². The first kappa shape index (κ1) is 13.9. The zero-order valence-electron chi connectivity index (χ0n) is 9.42. The highest BCUT2D eigenvalue weighted by atomic mass is 79.9. The summed E-state index contributed by atoms with van der Waals surface area (Å²) in [7, 11) is 0. The van der Waals surface area contributed by atoms with E-state index in [-0.39, 0.29) is 5.69 Å². The molecule has 102 valence electrons. The number of rotatable bonds is 1. The Morgan fingerprint density at radius 1 is 1.42 bits per heavy atom. The van der Waals surface area contributed by atoms with E-state index in [0.29, 0.717) is 10.2 Å². The van der Waals surface area contributed by atoms with Gasteiger partial charge in [0, 0.05) is 4.47 Å². The molecule has 1 aromatic carbocycles. The van der Waals surface area contributed by atoms with Crippen molar-refractivity contribution in [2.45, 2.75) is 12.6 Å². The highest BCUT2D eigenvalue weighted by Crippen LogP contribution is 2.33. The van der Waals surface area contributed by atoms with E-state index in [1.165, 1.54) is 12.1 Å². The Kier molecular flexibility index (Phi) is 3.53. The lowest BCUT2D eigenvalue weighted by Crippen LogP contribution is -2.43. The number of hydrogen-bond acceptors (Lipinski definition) is 2. The minimum Gasteiger partial charge on any atom is -0.323 e. The number of hydrogen-bond donors (Lipinski definition) is 1. The van der Waals surface area contributed by atoms with Crippen LogP contribution in [0.5, 0.6) is 0 Å². The van der Waals surface area contributed by atoms with Gasteiger partial charge in [-0.2, -0.15) is 13.2 Å². The highest BCUT2D eigenvalue weighted by molar-refractivity contribution is 9.10. The molecule has 0 saturated heterocycles. The summed E-state index contributed by atoms with van der Waals surface area (Å²) < 4.78 is 37.4. The standard InChI is InChI=1S/C11H8BrF3N2O2/c12-6-1-2-7-8(3-6)17(5-9(18)16-7)10(19)4-11(13,14)15/h1-3H,4-5H2,(H,16,18). The van der Waals surface area contributed by atoms with E-state index in [9.17, 15) is 22.8 Å². The lowest BCUT2D eigenvalue weighted by Gasteiger charge is -2.29. The Morgan fingerprint density at radius 3 is 2.74 bits per heavy atom. The van der Waals surface area contributed by atoms with E-state index in [1.807, 2.05) is 0 Å². The number of amides is 2. The normalized spacial score (nSPS) is 14.9. The van der Waals surface area contributed by atoms with Crippen molar-refractivity contribution in [2.24, 2.45) is 0 Å². The molecule has 1 heterocycles. The summed E-state index contributed by atoms with van der Waals surface area (Å²) in [5.74, 6) is -1.67. The first-order valence-electron chi connectivity index (χ1n) is 5.23. The molecule has 0 unspecified atom stereocenters. The largest absolute Gasteiger partial charge is 0.397 e. The maximum atomic E-state index is 12.3. The SMILES string of the molecule is O=C1CN(C(=O)CC(F)(F)F)c2cc(Br)ccc2N1. The summed E-state index contributed by atoms with van der Waals surface area (Å²) in [4.78, 5) is 23.9. The van der Waals surface area contributed by atoms with Gasteiger partial charge in [0.2, 0.25) is 11.8 Å². The van der Waals surface area contributed by atoms with Crippen LogP contribution < -0.4 is 10.2 Å². The summed E-state index contributed by atoms with van der Waals surface area (Å²) in [6, 6.07) is 4.63. The van der Waals surface area contributed by atoms with Crippen molar-refractivity contribution < 1.29 is 22.8 Å². The highest BCUT2D eigenvalue weighted by Gasteiger charge is 2.36. The molecule has 0 fully saturated rings. The van der Waals surface area contributed by atoms with E-state index in [4.69, 9.17) is 0 Å². The number of nitrogens with zero attached hydrogens (tertiary/aromatic N) is 1. The molecule has 0 bridgehead atoms. The van der Waals surface area contributed by atoms with E-state index < -0.39 is 31.0 Å². The number of halogens is 4. The van der Waals surface area contributed by atoms with E-state index >= 15 is 0 Å². The number of benzene rings is 1. The van der Waals surface area contributed by atoms with E-state index in [1.54, 1.807) is 6.07 Å². The smallest absolute Gasteiger partial charge is 0.323 e. The summed E-state index contributed by atoms with van der Waals surface area (Å²) in [6.07, 6.45) is -6.19. The molecule has 1 aromatic rings. The maximum Gasteiger partial charge on any atom is 0.397 e. The lowest BCUT2D eigenvalue weighted by atomic mass is 10.2. The number of fused-ring (bicyclic) bond motifs is 1. The van der Waals surface area contributed by atoms with Gasteiger partial charge in [0.05, 0.1) is 11.4 Å². The van der Waals surface area contributed by atoms with Gasteiger partial charge in [0.1, 0.15) is 13.0 Å². The molecule has 1 aliphatic rings. The lowest BCUT2D eigenvalue weighted by molar-refractivity contribution is -0.152. The molecule has 8 heteroatoms. The topological polar surface area (TPSA) is 49.4 Å². The Bertz CT molecular complexity index is 545. The van der Waals surface area contributed by atoms with Gasteiger partial charge in [0.15, 0.2) is 0 Å². The van der Waals surface area contributed by atoms with Gasteiger partial charge in [0.25, 0.3) is 0 Å². The molecule has 0 atom stereocenters. The van der Waals surface area contributed by atoms with E-state index in [0.717, 1.165) is 4.90 Å². The molecule has 0 radical (unpaired) electrons. The van der Waals surface area contributed by atoms with Crippen LogP contribution in [0.3, 0.4) is 0 Å². The van der Waals surface area contributed by atoms with Crippen LogP contribution in [0.15, 0.2) is 22.7 Å². The fourth-order valence-electron chi connectivity index (χ4n) is 1.74. The Hall–Kier alpha value is -1.57. The number of nitrogens with one attached hydrogen (secondary N) is 1. The van der Waals surface area contributed by atoms with Crippen molar-refractivity contribution >= 4 is 39.1 Å². The average molecular weight is 337 g/mol. The zero-order valence-corrected chi connectivity index (χ0v) is 11.0. The predicted octanol–water partition coefficient (Wildman–Crippen LogP) is 2.69. The third-order valence-corrected chi connectivity index (χ3v) is 2.97. The molecule has 0 saturated carbocycles. The molecule has 0 spiro atoms. The fraction of sp³-hybridized carbons (Fsp3) is 0.273. The average Bonchev–Trinajstić information content (AvgIpc) is 2.26. The molecule has 19 heavy (non-hydrogen) atoms. The number of carbonyl (C=O) groups is 2. The third-order valence-electron chi connectivity index (χ3n) is 2.48. The summed E-state index contributed by atoms with van der Waals surface area (Å²) in [6.45, 7) is -0.418. The van der Waals surface area contributed by atoms with Gasteiger partial charge in [-0.1, -0.05) is 15.9 Å². The third kappa shape index (κ3) is 3.25. The number of carbonyl (C=O) groups excluding carboxylic acids is 2. The van der Waals surface area contributed by atoms with Crippen LogP contribution in [0.2, 0.25) is 0 Å². The molecular weight excluding hydrogens is 329 g/mol. The van der Waals surface area contributed by atoms with Gasteiger partial charge in [-0.3, -0.25) is 9.59 Å². The summed E-state index contributed by atoms with van der Waals surface area (Å²) in [5.41, 5.74) is 0.568. The number of alkyl halides is 3. The predicted molar refractivity (Wildman–Crippen MR) is 65.8 cm³/mol. The second kappa shape index (κ2) is 4.84. The van der Waals surface area contributed by atoms with Crippen molar-refractivity contribution in [1.29, 1.82) is 0 Å². The van der Waals surface area contributed by atoms with Crippen LogP contribution in [0.25, 0.3) is 0 Å². The van der Waals surface area contributed by atoms with Crippen LogP contribution in [0.4, 0.5) is 24.5 Å². The fourth-order valence-corrected chi connectivity index (χ4v) is 2.09. The van der Waals surface area contributed by atoms with Crippen LogP contribution in [-0.4, -0.2) is 24.5 Å². The van der Waals surface area contributed by atoms with Crippen molar-refractivity contribution in [3.8, 4) is 0 Å². The first-order valence-corrected chi connectivity index (χ1v) is 6.02. The van der Waals surface area contributed by atoms with Crippen LogP contribution in [-0.2, 0) is 9.59 Å². The van der Waals surface area contributed by atoms with Crippen molar-refractivity contribution in [3.05, 3.63) is 22.7 Å². The van der Waals surface area contributed by atoms with Gasteiger partial charge >= 0.3 is 6.18 Å². The quantitative estimate of drug-likeness (QED) is 0.857. The number of anilines is 2.